The molecule has 0 aromatic heterocycles. The van der Waals surface area contributed by atoms with Crippen LogP contribution in [0, 0.1) is 0 Å². The molecule has 0 saturated carbocycles. The number of ketones is 1. The summed E-state index contributed by atoms with van der Waals surface area (Å²) in [6.07, 6.45) is 2.56. The van der Waals surface area contributed by atoms with Crippen LogP contribution in [0.3, 0.4) is 0 Å². The molecule has 68 valence electrons. The first-order chi connectivity index (χ1) is 5.66. The Labute approximate surface area is 73.3 Å². The number of hydrogen-bond acceptors (Lipinski definition) is 2. The summed E-state index contributed by atoms with van der Waals surface area (Å²) in [5.74, 6) is 0.147. The van der Waals surface area contributed by atoms with Crippen molar-refractivity contribution in [2.24, 2.45) is 0 Å². The molecule has 12 heavy (non-hydrogen) atoms. The zero-order valence-electron chi connectivity index (χ0n) is 7.76. The highest BCUT2D eigenvalue weighted by Crippen LogP contribution is 2.26. The lowest BCUT2D eigenvalue weighted by molar-refractivity contribution is -0.115. The highest BCUT2D eigenvalue weighted by molar-refractivity contribution is 5.99. The molecule has 0 aromatic carbocycles. The van der Waals surface area contributed by atoms with Gasteiger partial charge in [-0.3, -0.25) is 4.79 Å². The monoisotopic (exact) mass is 168 g/mol. The van der Waals surface area contributed by atoms with E-state index >= 15 is 0 Å². The molecule has 0 heterocycles. The molecule has 1 N–H and O–H groups in total. The predicted molar refractivity (Wildman–Crippen MR) is 47.9 cm³/mol. The molecule has 1 atom stereocenters. The van der Waals surface area contributed by atoms with Crippen molar-refractivity contribution in [1.82, 2.24) is 0 Å². The molecule has 0 aliphatic heterocycles. The molecule has 0 bridgehead atoms. The smallest absolute Gasteiger partial charge is 0.161 e. The van der Waals surface area contributed by atoms with Crippen LogP contribution < -0.4 is 0 Å². The maximum Gasteiger partial charge on any atom is 0.161 e. The number of carbonyl (C=O) groups is 1. The van der Waals surface area contributed by atoms with Crippen LogP contribution in [0.1, 0.15) is 39.5 Å². The first-order valence-electron chi connectivity index (χ1n) is 4.57. The topological polar surface area (TPSA) is 37.3 Å². The second-order valence-corrected chi connectivity index (χ2v) is 3.42. The first kappa shape index (κ1) is 9.46. The van der Waals surface area contributed by atoms with Crippen LogP contribution in [-0.2, 0) is 4.79 Å². The summed E-state index contributed by atoms with van der Waals surface area (Å²) >= 11 is 0. The van der Waals surface area contributed by atoms with E-state index in [2.05, 4.69) is 0 Å². The molecule has 1 aliphatic carbocycles. The fourth-order valence-electron chi connectivity index (χ4n) is 1.70. The highest BCUT2D eigenvalue weighted by atomic mass is 16.3. The van der Waals surface area contributed by atoms with Crippen LogP contribution in [0.5, 0.6) is 0 Å². The summed E-state index contributed by atoms with van der Waals surface area (Å²) in [7, 11) is 0. The van der Waals surface area contributed by atoms with Gasteiger partial charge >= 0.3 is 0 Å². The van der Waals surface area contributed by atoms with Gasteiger partial charge in [-0.1, -0.05) is 18.9 Å². The van der Waals surface area contributed by atoms with Gasteiger partial charge in [0, 0.05) is 12.0 Å². The molecule has 0 spiro atoms. The number of allylic oxidation sites excluding steroid dienone is 1. The minimum atomic E-state index is -0.509. The average Bonchev–Trinajstić information content (AvgIpc) is 2.32. The molecule has 0 radical (unpaired) electrons. The summed E-state index contributed by atoms with van der Waals surface area (Å²) in [6.45, 7) is 3.96. The van der Waals surface area contributed by atoms with Crippen LogP contribution >= 0.6 is 0 Å². The SMILES string of the molecule is CCCC(O)C1=C(C)CCC1=O. The Bertz CT molecular complexity index is 216. The summed E-state index contributed by atoms with van der Waals surface area (Å²) in [6, 6.07) is 0. The molecule has 1 rings (SSSR count). The fraction of sp³-hybridized carbons (Fsp3) is 0.700. The molecule has 0 fully saturated rings. The van der Waals surface area contributed by atoms with Crippen LogP contribution in [0.15, 0.2) is 11.1 Å². The van der Waals surface area contributed by atoms with E-state index in [-0.39, 0.29) is 5.78 Å². The van der Waals surface area contributed by atoms with Crippen molar-refractivity contribution in [3.63, 3.8) is 0 Å². The molecule has 0 amide bonds. The standard InChI is InChI=1S/C10H16O2/c1-3-4-8(11)10-7(2)5-6-9(10)12/h8,11H,3-6H2,1-2H3. The van der Waals surface area contributed by atoms with Crippen molar-refractivity contribution < 1.29 is 9.90 Å². The maximum absolute atomic E-state index is 11.3. The molecule has 2 heteroatoms. The second-order valence-electron chi connectivity index (χ2n) is 3.42. The quantitative estimate of drug-likeness (QED) is 0.698. The van der Waals surface area contributed by atoms with E-state index in [1.807, 2.05) is 13.8 Å². The number of aliphatic hydroxyl groups excluding tert-OH is 1. The third kappa shape index (κ3) is 1.75. The lowest BCUT2D eigenvalue weighted by Crippen LogP contribution is -2.15. The van der Waals surface area contributed by atoms with Crippen molar-refractivity contribution in [3.05, 3.63) is 11.1 Å². The number of aliphatic hydroxyl groups is 1. The third-order valence-electron chi connectivity index (χ3n) is 2.38. The molecule has 0 saturated heterocycles. The van der Waals surface area contributed by atoms with Gasteiger partial charge in [-0.05, 0) is 19.8 Å². The second kappa shape index (κ2) is 3.85. The van der Waals surface area contributed by atoms with E-state index in [1.165, 1.54) is 0 Å². The molecule has 1 unspecified atom stereocenters. The summed E-state index contributed by atoms with van der Waals surface area (Å²) in [5.41, 5.74) is 1.78. The van der Waals surface area contributed by atoms with Gasteiger partial charge in [-0.25, -0.2) is 0 Å². The average molecular weight is 168 g/mol. The normalized spacial score (nSPS) is 20.4. The maximum atomic E-state index is 11.3. The van der Waals surface area contributed by atoms with E-state index < -0.39 is 6.10 Å². The van der Waals surface area contributed by atoms with Gasteiger partial charge in [0.15, 0.2) is 5.78 Å². The predicted octanol–water partition coefficient (Wildman–Crippen LogP) is 1.83. The number of hydrogen-bond donors (Lipinski definition) is 1. The Morgan fingerprint density at radius 2 is 2.17 bits per heavy atom. The van der Waals surface area contributed by atoms with Crippen LogP contribution in [-0.4, -0.2) is 17.0 Å². The van der Waals surface area contributed by atoms with Gasteiger partial charge < -0.3 is 5.11 Å². The lowest BCUT2D eigenvalue weighted by Gasteiger charge is -2.10. The van der Waals surface area contributed by atoms with Gasteiger partial charge in [0.05, 0.1) is 6.10 Å². The van der Waals surface area contributed by atoms with Gasteiger partial charge in [0.25, 0.3) is 0 Å². The van der Waals surface area contributed by atoms with E-state index in [0.717, 1.165) is 18.4 Å². The Morgan fingerprint density at radius 1 is 1.50 bits per heavy atom. The molecular weight excluding hydrogens is 152 g/mol. The van der Waals surface area contributed by atoms with E-state index in [4.69, 9.17) is 0 Å². The number of carbonyl (C=O) groups excluding carboxylic acids is 1. The minimum absolute atomic E-state index is 0.147. The lowest BCUT2D eigenvalue weighted by atomic mass is 10.0. The van der Waals surface area contributed by atoms with E-state index in [1.54, 1.807) is 0 Å². The molecule has 0 aromatic rings. The van der Waals surface area contributed by atoms with Crippen LogP contribution in [0.25, 0.3) is 0 Å². The van der Waals surface area contributed by atoms with Gasteiger partial charge in [-0.15, -0.1) is 0 Å². The molecule has 2 nitrogen and oxygen atoms in total. The van der Waals surface area contributed by atoms with Crippen LogP contribution in [0.4, 0.5) is 0 Å². The van der Waals surface area contributed by atoms with Crippen molar-refractivity contribution in [2.45, 2.75) is 45.6 Å². The van der Waals surface area contributed by atoms with Crippen LogP contribution in [0.2, 0.25) is 0 Å². The van der Waals surface area contributed by atoms with Gasteiger partial charge in [0.2, 0.25) is 0 Å². The zero-order chi connectivity index (χ0) is 9.14. The van der Waals surface area contributed by atoms with Gasteiger partial charge in [0.1, 0.15) is 0 Å². The largest absolute Gasteiger partial charge is 0.388 e. The summed E-state index contributed by atoms with van der Waals surface area (Å²) < 4.78 is 0. The minimum Gasteiger partial charge on any atom is -0.388 e. The Morgan fingerprint density at radius 3 is 2.58 bits per heavy atom. The highest BCUT2D eigenvalue weighted by Gasteiger charge is 2.25. The van der Waals surface area contributed by atoms with E-state index in [0.29, 0.717) is 18.4 Å². The van der Waals surface area contributed by atoms with Crippen molar-refractivity contribution in [1.29, 1.82) is 0 Å². The zero-order valence-corrected chi connectivity index (χ0v) is 7.76. The Hall–Kier alpha value is -0.630. The van der Waals surface area contributed by atoms with Crippen molar-refractivity contribution >= 4 is 5.78 Å². The fourth-order valence-corrected chi connectivity index (χ4v) is 1.70. The van der Waals surface area contributed by atoms with Crippen molar-refractivity contribution in [2.75, 3.05) is 0 Å². The molecular formula is C10H16O2. The number of rotatable bonds is 3. The summed E-state index contributed by atoms with van der Waals surface area (Å²) in [4.78, 5) is 11.3. The summed E-state index contributed by atoms with van der Waals surface area (Å²) in [5, 5.41) is 9.61. The number of Topliss-reactive ketones (excluding diaryl/α,β-unsaturated/α-hetero) is 1. The van der Waals surface area contributed by atoms with Gasteiger partial charge in [-0.2, -0.15) is 0 Å². The molecule has 1 aliphatic rings. The Kier molecular flexibility index (Phi) is 3.04. The first-order valence-corrected chi connectivity index (χ1v) is 4.57. The van der Waals surface area contributed by atoms with E-state index in [9.17, 15) is 9.90 Å². The Balaban J connectivity index is 2.71. The van der Waals surface area contributed by atoms with Crippen molar-refractivity contribution in [3.8, 4) is 0 Å². The third-order valence-corrected chi connectivity index (χ3v) is 2.38.